The summed E-state index contributed by atoms with van der Waals surface area (Å²) in [5, 5.41) is 0. The van der Waals surface area contributed by atoms with Crippen molar-refractivity contribution in [2.45, 2.75) is 38.5 Å². The van der Waals surface area contributed by atoms with Crippen LogP contribution in [0.5, 0.6) is 0 Å². The first-order chi connectivity index (χ1) is 10.3. The Kier molecular flexibility index (Phi) is 6.49. The summed E-state index contributed by atoms with van der Waals surface area (Å²) in [7, 11) is 0. The minimum Gasteiger partial charge on any atom is -0.381 e. The lowest BCUT2D eigenvalue weighted by atomic mass is 9.94. The van der Waals surface area contributed by atoms with Crippen molar-refractivity contribution in [2.75, 3.05) is 13.2 Å². The van der Waals surface area contributed by atoms with Crippen molar-refractivity contribution in [3.8, 4) is 0 Å². The standard InChI is InChI=1S/C20H26O/c1-3-18(20-12-8-5-9-13-20)14-15-21-16-17(2)19-10-6-4-7-11-19/h4-13,17-18H,3,14-16H2,1-2H3. The van der Waals surface area contributed by atoms with Crippen molar-refractivity contribution >= 4 is 0 Å². The van der Waals surface area contributed by atoms with E-state index in [-0.39, 0.29) is 0 Å². The highest BCUT2D eigenvalue weighted by atomic mass is 16.5. The number of hydrogen-bond acceptors (Lipinski definition) is 1. The monoisotopic (exact) mass is 282 g/mol. The third-order valence-corrected chi connectivity index (χ3v) is 4.11. The Morgan fingerprint density at radius 2 is 1.43 bits per heavy atom. The summed E-state index contributed by atoms with van der Waals surface area (Å²) >= 11 is 0. The van der Waals surface area contributed by atoms with E-state index in [9.17, 15) is 0 Å². The zero-order valence-corrected chi connectivity index (χ0v) is 13.2. The molecule has 0 bridgehead atoms. The maximum atomic E-state index is 5.90. The van der Waals surface area contributed by atoms with Gasteiger partial charge in [0.05, 0.1) is 6.61 Å². The third-order valence-electron chi connectivity index (χ3n) is 4.11. The molecule has 2 aromatic carbocycles. The molecule has 1 heteroatoms. The maximum absolute atomic E-state index is 5.90. The van der Waals surface area contributed by atoms with Crippen LogP contribution in [0.4, 0.5) is 0 Å². The van der Waals surface area contributed by atoms with E-state index in [4.69, 9.17) is 4.74 Å². The second kappa shape index (κ2) is 8.63. The van der Waals surface area contributed by atoms with Crippen LogP contribution in [0, 0.1) is 0 Å². The Hall–Kier alpha value is -1.60. The van der Waals surface area contributed by atoms with Crippen LogP contribution in [0.3, 0.4) is 0 Å². The van der Waals surface area contributed by atoms with Gasteiger partial charge in [-0.05, 0) is 29.9 Å². The lowest BCUT2D eigenvalue weighted by molar-refractivity contribution is 0.116. The maximum Gasteiger partial charge on any atom is 0.0532 e. The Labute approximate surface area is 129 Å². The van der Waals surface area contributed by atoms with Crippen LogP contribution < -0.4 is 0 Å². The van der Waals surface area contributed by atoms with Gasteiger partial charge in [0.1, 0.15) is 0 Å². The van der Waals surface area contributed by atoms with Crippen LogP contribution in [0.1, 0.15) is 49.7 Å². The number of rotatable bonds is 8. The predicted octanol–water partition coefficient (Wildman–Crippen LogP) is 5.39. The van der Waals surface area contributed by atoms with E-state index in [0.29, 0.717) is 11.8 Å². The van der Waals surface area contributed by atoms with Gasteiger partial charge in [-0.3, -0.25) is 0 Å². The van der Waals surface area contributed by atoms with Crippen LogP contribution in [0.2, 0.25) is 0 Å². The zero-order valence-electron chi connectivity index (χ0n) is 13.2. The predicted molar refractivity (Wildman–Crippen MR) is 89.8 cm³/mol. The SMILES string of the molecule is CCC(CCOCC(C)c1ccccc1)c1ccccc1. The summed E-state index contributed by atoms with van der Waals surface area (Å²) in [5.41, 5.74) is 2.78. The van der Waals surface area contributed by atoms with Gasteiger partial charge in [-0.25, -0.2) is 0 Å². The molecule has 0 radical (unpaired) electrons. The Balaban J connectivity index is 1.74. The average Bonchev–Trinajstić information content (AvgIpc) is 2.56. The largest absolute Gasteiger partial charge is 0.381 e. The Bertz CT molecular complexity index is 492. The van der Waals surface area contributed by atoms with E-state index in [1.807, 2.05) is 0 Å². The molecule has 0 fully saturated rings. The summed E-state index contributed by atoms with van der Waals surface area (Å²) in [6, 6.07) is 21.4. The average molecular weight is 282 g/mol. The fraction of sp³-hybridized carbons (Fsp3) is 0.400. The second-order valence-electron chi connectivity index (χ2n) is 5.69. The van der Waals surface area contributed by atoms with E-state index in [1.165, 1.54) is 17.5 Å². The molecule has 1 nitrogen and oxygen atoms in total. The molecule has 0 aromatic heterocycles. The van der Waals surface area contributed by atoms with Gasteiger partial charge >= 0.3 is 0 Å². The first-order valence-corrected chi connectivity index (χ1v) is 7.99. The number of hydrogen-bond donors (Lipinski definition) is 0. The van der Waals surface area contributed by atoms with E-state index in [2.05, 4.69) is 74.5 Å². The molecular formula is C20H26O. The molecule has 0 saturated heterocycles. The molecule has 0 saturated carbocycles. The van der Waals surface area contributed by atoms with Crippen LogP contribution in [0.25, 0.3) is 0 Å². The molecule has 0 aliphatic carbocycles. The minimum absolute atomic E-state index is 0.461. The van der Waals surface area contributed by atoms with Crippen molar-refractivity contribution in [3.63, 3.8) is 0 Å². The molecule has 0 aliphatic heterocycles. The van der Waals surface area contributed by atoms with E-state index < -0.39 is 0 Å². The molecule has 0 spiro atoms. The lowest BCUT2D eigenvalue weighted by Gasteiger charge is -2.17. The molecule has 0 amide bonds. The Morgan fingerprint density at radius 1 is 0.857 bits per heavy atom. The normalized spacial score (nSPS) is 13.8. The van der Waals surface area contributed by atoms with Gasteiger partial charge < -0.3 is 4.74 Å². The topological polar surface area (TPSA) is 9.23 Å². The molecule has 21 heavy (non-hydrogen) atoms. The van der Waals surface area contributed by atoms with Gasteiger partial charge in [0.25, 0.3) is 0 Å². The van der Waals surface area contributed by atoms with Crippen molar-refractivity contribution in [3.05, 3.63) is 71.8 Å². The molecule has 2 aromatic rings. The summed E-state index contributed by atoms with van der Waals surface area (Å²) in [5.74, 6) is 1.07. The lowest BCUT2D eigenvalue weighted by Crippen LogP contribution is -2.08. The van der Waals surface area contributed by atoms with Crippen molar-refractivity contribution < 1.29 is 4.74 Å². The minimum atomic E-state index is 0.461. The second-order valence-corrected chi connectivity index (χ2v) is 5.69. The van der Waals surface area contributed by atoms with Gasteiger partial charge in [0, 0.05) is 12.5 Å². The van der Waals surface area contributed by atoms with Crippen LogP contribution in [-0.4, -0.2) is 13.2 Å². The van der Waals surface area contributed by atoms with Gasteiger partial charge in [-0.15, -0.1) is 0 Å². The quantitative estimate of drug-likeness (QED) is 0.590. The van der Waals surface area contributed by atoms with Gasteiger partial charge in [-0.2, -0.15) is 0 Å². The fourth-order valence-electron chi connectivity index (χ4n) is 2.70. The van der Waals surface area contributed by atoms with Crippen molar-refractivity contribution in [1.29, 1.82) is 0 Å². The first kappa shape index (κ1) is 15.8. The molecule has 112 valence electrons. The fourth-order valence-corrected chi connectivity index (χ4v) is 2.70. The molecule has 0 N–H and O–H groups in total. The van der Waals surface area contributed by atoms with Gasteiger partial charge in [0.2, 0.25) is 0 Å². The molecule has 0 aliphatic rings. The highest BCUT2D eigenvalue weighted by Gasteiger charge is 2.10. The molecule has 0 heterocycles. The highest BCUT2D eigenvalue weighted by molar-refractivity contribution is 5.19. The first-order valence-electron chi connectivity index (χ1n) is 7.99. The summed E-state index contributed by atoms with van der Waals surface area (Å²) in [4.78, 5) is 0. The highest BCUT2D eigenvalue weighted by Crippen LogP contribution is 2.23. The molecule has 2 unspecified atom stereocenters. The number of ether oxygens (including phenoxy) is 1. The van der Waals surface area contributed by atoms with E-state index in [1.54, 1.807) is 0 Å². The molecule has 2 atom stereocenters. The van der Waals surface area contributed by atoms with E-state index in [0.717, 1.165) is 19.6 Å². The third kappa shape index (κ3) is 5.02. The zero-order chi connectivity index (χ0) is 14.9. The van der Waals surface area contributed by atoms with Crippen LogP contribution in [-0.2, 0) is 4.74 Å². The Morgan fingerprint density at radius 3 is 2.00 bits per heavy atom. The number of benzene rings is 2. The van der Waals surface area contributed by atoms with Gasteiger partial charge in [-0.1, -0.05) is 74.5 Å². The summed E-state index contributed by atoms with van der Waals surface area (Å²) < 4.78 is 5.90. The summed E-state index contributed by atoms with van der Waals surface area (Å²) in [6.07, 6.45) is 2.27. The smallest absolute Gasteiger partial charge is 0.0532 e. The van der Waals surface area contributed by atoms with E-state index >= 15 is 0 Å². The van der Waals surface area contributed by atoms with Gasteiger partial charge in [0.15, 0.2) is 0 Å². The van der Waals surface area contributed by atoms with Crippen LogP contribution >= 0.6 is 0 Å². The molecule has 2 rings (SSSR count). The van der Waals surface area contributed by atoms with Crippen molar-refractivity contribution in [2.24, 2.45) is 0 Å². The molecular weight excluding hydrogens is 256 g/mol. The van der Waals surface area contributed by atoms with Crippen LogP contribution in [0.15, 0.2) is 60.7 Å². The summed E-state index contributed by atoms with van der Waals surface area (Å²) in [6.45, 7) is 6.12. The van der Waals surface area contributed by atoms with Crippen molar-refractivity contribution in [1.82, 2.24) is 0 Å².